The Hall–Kier alpha value is -1.22. The van der Waals surface area contributed by atoms with Gasteiger partial charge in [-0.05, 0) is 44.5 Å². The average Bonchev–Trinajstić information content (AvgIpc) is 2.39. The summed E-state index contributed by atoms with van der Waals surface area (Å²) in [6.45, 7) is 4.94. The lowest BCUT2D eigenvalue weighted by atomic mass is 10.1. The third-order valence-corrected chi connectivity index (χ3v) is 2.89. The Balaban J connectivity index is 1.98. The standard InChI is InChI=1S/C14H21NO2/c1-2-11-16-13-5-3-4-6-14(13)17-12-7-9-15-10-8-12/h3-6,12,15H,2,7-11H2,1H3. The molecule has 0 aromatic heterocycles. The van der Waals surface area contributed by atoms with Crippen molar-refractivity contribution in [2.75, 3.05) is 19.7 Å². The van der Waals surface area contributed by atoms with Crippen LogP contribution < -0.4 is 14.8 Å². The Morgan fingerprint density at radius 1 is 1.18 bits per heavy atom. The molecule has 0 bridgehead atoms. The van der Waals surface area contributed by atoms with Gasteiger partial charge in [0.15, 0.2) is 11.5 Å². The van der Waals surface area contributed by atoms with Gasteiger partial charge < -0.3 is 14.8 Å². The molecule has 1 aliphatic heterocycles. The Morgan fingerprint density at radius 3 is 2.59 bits per heavy atom. The molecule has 0 spiro atoms. The maximum Gasteiger partial charge on any atom is 0.161 e. The van der Waals surface area contributed by atoms with Crippen LogP contribution >= 0.6 is 0 Å². The topological polar surface area (TPSA) is 30.5 Å². The average molecular weight is 235 g/mol. The van der Waals surface area contributed by atoms with Crippen molar-refractivity contribution in [3.05, 3.63) is 24.3 Å². The quantitative estimate of drug-likeness (QED) is 0.851. The molecule has 3 nitrogen and oxygen atoms in total. The van der Waals surface area contributed by atoms with Gasteiger partial charge in [0, 0.05) is 0 Å². The number of piperidine rings is 1. The smallest absolute Gasteiger partial charge is 0.161 e. The zero-order valence-electron chi connectivity index (χ0n) is 10.4. The van der Waals surface area contributed by atoms with E-state index in [4.69, 9.17) is 9.47 Å². The molecule has 1 aromatic carbocycles. The number of para-hydroxylation sites is 2. The number of ether oxygens (including phenoxy) is 2. The van der Waals surface area contributed by atoms with E-state index in [2.05, 4.69) is 12.2 Å². The molecule has 17 heavy (non-hydrogen) atoms. The minimum atomic E-state index is 0.322. The molecule has 0 aliphatic carbocycles. The van der Waals surface area contributed by atoms with Crippen LogP contribution in [-0.4, -0.2) is 25.8 Å². The van der Waals surface area contributed by atoms with Gasteiger partial charge >= 0.3 is 0 Å². The molecule has 0 radical (unpaired) electrons. The predicted molar refractivity (Wildman–Crippen MR) is 68.7 cm³/mol. The second kappa shape index (κ2) is 6.50. The van der Waals surface area contributed by atoms with E-state index in [1.54, 1.807) is 0 Å². The maximum atomic E-state index is 6.02. The van der Waals surface area contributed by atoms with Gasteiger partial charge in [0.05, 0.1) is 6.61 Å². The van der Waals surface area contributed by atoms with E-state index in [0.29, 0.717) is 6.10 Å². The van der Waals surface area contributed by atoms with Crippen molar-refractivity contribution in [1.29, 1.82) is 0 Å². The molecule has 1 saturated heterocycles. The molecule has 0 unspecified atom stereocenters. The number of benzene rings is 1. The molecule has 3 heteroatoms. The van der Waals surface area contributed by atoms with E-state index in [1.807, 2.05) is 24.3 Å². The Bertz CT molecular complexity index is 335. The highest BCUT2D eigenvalue weighted by Crippen LogP contribution is 2.28. The molecule has 94 valence electrons. The van der Waals surface area contributed by atoms with Gasteiger partial charge in [0.25, 0.3) is 0 Å². The minimum absolute atomic E-state index is 0.322. The van der Waals surface area contributed by atoms with Crippen molar-refractivity contribution in [2.24, 2.45) is 0 Å². The Labute approximate surface area is 103 Å². The fourth-order valence-corrected chi connectivity index (χ4v) is 1.97. The van der Waals surface area contributed by atoms with Gasteiger partial charge in [-0.1, -0.05) is 19.1 Å². The van der Waals surface area contributed by atoms with Crippen molar-refractivity contribution >= 4 is 0 Å². The summed E-state index contributed by atoms with van der Waals surface area (Å²) in [4.78, 5) is 0. The SMILES string of the molecule is CCCOc1ccccc1OC1CCNCC1. The number of rotatable bonds is 5. The first-order chi connectivity index (χ1) is 8.40. The molecule has 1 N–H and O–H groups in total. The van der Waals surface area contributed by atoms with Crippen molar-refractivity contribution in [1.82, 2.24) is 5.32 Å². The summed E-state index contributed by atoms with van der Waals surface area (Å²) in [5.74, 6) is 1.75. The molecule has 2 rings (SSSR count). The van der Waals surface area contributed by atoms with E-state index >= 15 is 0 Å². The van der Waals surface area contributed by atoms with Crippen molar-refractivity contribution in [3.63, 3.8) is 0 Å². The molecule has 1 fully saturated rings. The van der Waals surface area contributed by atoms with Gasteiger partial charge in [0.2, 0.25) is 0 Å². The lowest BCUT2D eigenvalue weighted by molar-refractivity contribution is 0.154. The van der Waals surface area contributed by atoms with E-state index < -0.39 is 0 Å². The summed E-state index contributed by atoms with van der Waals surface area (Å²) < 4.78 is 11.7. The summed E-state index contributed by atoms with van der Waals surface area (Å²) >= 11 is 0. The highest BCUT2D eigenvalue weighted by Gasteiger charge is 2.16. The fraction of sp³-hybridized carbons (Fsp3) is 0.571. The van der Waals surface area contributed by atoms with Crippen LogP contribution in [0.4, 0.5) is 0 Å². The van der Waals surface area contributed by atoms with E-state index in [1.165, 1.54) is 0 Å². The summed E-state index contributed by atoms with van der Waals surface area (Å²) in [5.41, 5.74) is 0. The first kappa shape index (κ1) is 12.2. The Kier molecular flexibility index (Phi) is 4.68. The van der Waals surface area contributed by atoms with Crippen LogP contribution in [0.2, 0.25) is 0 Å². The number of hydrogen-bond acceptors (Lipinski definition) is 3. The second-order valence-corrected chi connectivity index (χ2v) is 4.36. The normalized spacial score (nSPS) is 16.8. The van der Waals surface area contributed by atoms with Gasteiger partial charge in [-0.15, -0.1) is 0 Å². The predicted octanol–water partition coefficient (Wildman–Crippen LogP) is 2.61. The zero-order valence-corrected chi connectivity index (χ0v) is 10.4. The summed E-state index contributed by atoms with van der Waals surface area (Å²) in [7, 11) is 0. The largest absolute Gasteiger partial charge is 0.490 e. The minimum Gasteiger partial charge on any atom is -0.490 e. The molecular weight excluding hydrogens is 214 g/mol. The fourth-order valence-electron chi connectivity index (χ4n) is 1.97. The van der Waals surface area contributed by atoms with E-state index in [-0.39, 0.29) is 0 Å². The lowest BCUT2D eigenvalue weighted by Crippen LogP contribution is -2.34. The first-order valence-electron chi connectivity index (χ1n) is 6.49. The van der Waals surface area contributed by atoms with Crippen LogP contribution in [0.5, 0.6) is 11.5 Å². The lowest BCUT2D eigenvalue weighted by Gasteiger charge is -2.24. The van der Waals surface area contributed by atoms with Crippen LogP contribution in [0.1, 0.15) is 26.2 Å². The highest BCUT2D eigenvalue weighted by molar-refractivity contribution is 5.39. The molecule has 1 aliphatic rings. The molecule has 0 saturated carbocycles. The third kappa shape index (κ3) is 3.63. The monoisotopic (exact) mass is 235 g/mol. The van der Waals surface area contributed by atoms with Crippen LogP contribution in [0.15, 0.2) is 24.3 Å². The van der Waals surface area contributed by atoms with Crippen molar-refractivity contribution in [3.8, 4) is 11.5 Å². The molecule has 1 aromatic rings. The molecule has 1 heterocycles. The van der Waals surface area contributed by atoms with Crippen LogP contribution in [-0.2, 0) is 0 Å². The van der Waals surface area contributed by atoms with Crippen molar-refractivity contribution in [2.45, 2.75) is 32.3 Å². The van der Waals surface area contributed by atoms with Gasteiger partial charge in [0.1, 0.15) is 6.10 Å². The van der Waals surface area contributed by atoms with Crippen molar-refractivity contribution < 1.29 is 9.47 Å². The zero-order chi connectivity index (χ0) is 11.9. The van der Waals surface area contributed by atoms with Gasteiger partial charge in [-0.3, -0.25) is 0 Å². The summed E-state index contributed by atoms with van der Waals surface area (Å²) in [6, 6.07) is 7.95. The van der Waals surface area contributed by atoms with Crippen LogP contribution in [0.25, 0.3) is 0 Å². The third-order valence-electron chi connectivity index (χ3n) is 2.89. The molecular formula is C14H21NO2. The maximum absolute atomic E-state index is 6.02. The molecule has 0 atom stereocenters. The number of nitrogens with one attached hydrogen (secondary N) is 1. The van der Waals surface area contributed by atoms with E-state index in [9.17, 15) is 0 Å². The first-order valence-corrected chi connectivity index (χ1v) is 6.49. The molecule has 0 amide bonds. The number of hydrogen-bond donors (Lipinski definition) is 1. The van der Waals surface area contributed by atoms with Crippen LogP contribution in [0, 0.1) is 0 Å². The van der Waals surface area contributed by atoms with Gasteiger partial charge in [-0.2, -0.15) is 0 Å². The Morgan fingerprint density at radius 2 is 1.88 bits per heavy atom. The van der Waals surface area contributed by atoms with Gasteiger partial charge in [-0.25, -0.2) is 0 Å². The van der Waals surface area contributed by atoms with Crippen LogP contribution in [0.3, 0.4) is 0 Å². The highest BCUT2D eigenvalue weighted by atomic mass is 16.5. The second-order valence-electron chi connectivity index (χ2n) is 4.36. The summed E-state index contributed by atoms with van der Waals surface area (Å²) in [6.07, 6.45) is 3.48. The summed E-state index contributed by atoms with van der Waals surface area (Å²) in [5, 5.41) is 3.34. The van der Waals surface area contributed by atoms with E-state index in [0.717, 1.165) is 50.5 Å².